The van der Waals surface area contributed by atoms with Gasteiger partial charge in [0.05, 0.1) is 7.11 Å². The number of amides is 1. The molecule has 0 unspecified atom stereocenters. The van der Waals surface area contributed by atoms with Crippen molar-refractivity contribution in [2.75, 3.05) is 12.4 Å². The molecule has 1 amide bonds. The van der Waals surface area contributed by atoms with Crippen LogP contribution in [0.25, 0.3) is 11.4 Å². The van der Waals surface area contributed by atoms with Crippen LogP contribution in [0, 0.1) is 0 Å². The monoisotopic (exact) mass is 364 g/mol. The molecule has 1 aromatic carbocycles. The third-order valence-electron chi connectivity index (χ3n) is 3.29. The minimum atomic E-state index is -4.71. The van der Waals surface area contributed by atoms with Crippen molar-refractivity contribution in [1.29, 1.82) is 0 Å². The number of carbonyl (C=O) groups excluding carboxylic acids is 1. The maximum Gasteiger partial charge on any atom is 0.471 e. The topological polar surface area (TPSA) is 90.1 Å². The lowest BCUT2D eigenvalue weighted by atomic mass is 10.1. The van der Waals surface area contributed by atoms with E-state index in [-0.39, 0.29) is 22.8 Å². The van der Waals surface area contributed by atoms with Crippen molar-refractivity contribution in [2.45, 2.75) is 6.18 Å². The zero-order valence-electron chi connectivity index (χ0n) is 13.2. The number of halogens is 3. The summed E-state index contributed by atoms with van der Waals surface area (Å²) in [6, 6.07) is 8.95. The maximum absolute atomic E-state index is 12.5. The van der Waals surface area contributed by atoms with E-state index in [2.05, 4.69) is 25.0 Å². The molecule has 3 aromatic rings. The average molecular weight is 364 g/mol. The molecule has 0 bridgehead atoms. The summed E-state index contributed by atoms with van der Waals surface area (Å²) in [5.41, 5.74) is 0.941. The molecule has 3 rings (SSSR count). The van der Waals surface area contributed by atoms with Gasteiger partial charge in [0.2, 0.25) is 11.7 Å². The first kappa shape index (κ1) is 17.4. The normalized spacial score (nSPS) is 11.2. The standard InChI is InChI=1S/C16H11F3N4O3/c1-25-14-11(3-2-8-20-14)21-13(24)10-6-4-9(5-7-10)12-22-15(26-23-12)16(17,18)19/h2-8H,1H3,(H,21,24). The summed E-state index contributed by atoms with van der Waals surface area (Å²) in [7, 11) is 1.42. The number of methoxy groups -OCH3 is 1. The van der Waals surface area contributed by atoms with Crippen molar-refractivity contribution in [3.05, 3.63) is 54.0 Å². The number of pyridine rings is 1. The number of ether oxygens (including phenoxy) is 1. The average Bonchev–Trinajstić information content (AvgIpc) is 3.13. The number of nitrogens with one attached hydrogen (secondary N) is 1. The minimum absolute atomic E-state index is 0.224. The highest BCUT2D eigenvalue weighted by atomic mass is 19.4. The van der Waals surface area contributed by atoms with Gasteiger partial charge in [-0.1, -0.05) is 17.3 Å². The predicted molar refractivity (Wildman–Crippen MR) is 83.5 cm³/mol. The third-order valence-corrected chi connectivity index (χ3v) is 3.29. The fourth-order valence-electron chi connectivity index (χ4n) is 2.07. The molecule has 0 atom stereocenters. The molecule has 0 fully saturated rings. The van der Waals surface area contributed by atoms with Gasteiger partial charge < -0.3 is 14.6 Å². The van der Waals surface area contributed by atoms with Gasteiger partial charge in [-0.05, 0) is 24.3 Å². The Morgan fingerprint density at radius 3 is 2.54 bits per heavy atom. The van der Waals surface area contributed by atoms with Crippen molar-refractivity contribution in [2.24, 2.45) is 0 Å². The molecule has 7 nitrogen and oxygen atoms in total. The third kappa shape index (κ3) is 3.63. The van der Waals surface area contributed by atoms with Gasteiger partial charge in [-0.15, -0.1) is 0 Å². The number of anilines is 1. The van der Waals surface area contributed by atoms with Crippen molar-refractivity contribution >= 4 is 11.6 Å². The first-order chi connectivity index (χ1) is 12.4. The molecule has 2 aromatic heterocycles. The van der Waals surface area contributed by atoms with E-state index >= 15 is 0 Å². The van der Waals surface area contributed by atoms with Crippen molar-refractivity contribution < 1.29 is 27.2 Å². The van der Waals surface area contributed by atoms with Gasteiger partial charge in [0.15, 0.2) is 0 Å². The van der Waals surface area contributed by atoms with Crippen LogP contribution in [0.3, 0.4) is 0 Å². The fourth-order valence-corrected chi connectivity index (χ4v) is 2.07. The highest BCUT2D eigenvalue weighted by molar-refractivity contribution is 6.05. The van der Waals surface area contributed by atoms with Crippen LogP contribution in [0.15, 0.2) is 47.1 Å². The van der Waals surface area contributed by atoms with E-state index in [0.717, 1.165) is 0 Å². The van der Waals surface area contributed by atoms with Crippen LogP contribution >= 0.6 is 0 Å². The van der Waals surface area contributed by atoms with Gasteiger partial charge in [0.1, 0.15) is 5.69 Å². The largest absolute Gasteiger partial charge is 0.480 e. The molecule has 0 saturated carbocycles. The summed E-state index contributed by atoms with van der Waals surface area (Å²) >= 11 is 0. The molecule has 134 valence electrons. The second-order valence-corrected chi connectivity index (χ2v) is 5.01. The molecule has 1 N–H and O–H groups in total. The van der Waals surface area contributed by atoms with Crippen LogP contribution in [-0.4, -0.2) is 28.1 Å². The van der Waals surface area contributed by atoms with Crippen LogP contribution < -0.4 is 10.1 Å². The van der Waals surface area contributed by atoms with E-state index in [1.807, 2.05) is 0 Å². The Hall–Kier alpha value is -3.43. The van der Waals surface area contributed by atoms with E-state index in [1.54, 1.807) is 12.1 Å². The Morgan fingerprint density at radius 2 is 1.92 bits per heavy atom. The van der Waals surface area contributed by atoms with E-state index in [4.69, 9.17) is 4.74 Å². The molecule has 2 heterocycles. The zero-order valence-corrected chi connectivity index (χ0v) is 13.2. The molecule has 0 spiro atoms. The number of aromatic nitrogens is 3. The SMILES string of the molecule is COc1ncccc1NC(=O)c1ccc(-c2noc(C(F)(F)F)n2)cc1. The number of rotatable bonds is 4. The molecular formula is C16H11F3N4O3. The van der Waals surface area contributed by atoms with E-state index in [9.17, 15) is 18.0 Å². The van der Waals surface area contributed by atoms with Gasteiger partial charge in [0.25, 0.3) is 5.91 Å². The quantitative estimate of drug-likeness (QED) is 0.763. The smallest absolute Gasteiger partial charge is 0.471 e. The Bertz CT molecular complexity index is 923. The maximum atomic E-state index is 12.5. The Labute approximate surface area is 144 Å². The molecular weight excluding hydrogens is 353 g/mol. The highest BCUT2D eigenvalue weighted by Crippen LogP contribution is 2.29. The van der Waals surface area contributed by atoms with E-state index < -0.39 is 18.0 Å². The van der Waals surface area contributed by atoms with E-state index in [1.165, 1.54) is 37.6 Å². The summed E-state index contributed by atoms with van der Waals surface area (Å²) in [5, 5.41) is 5.92. The zero-order chi connectivity index (χ0) is 18.7. The second kappa shape index (κ2) is 6.82. The second-order valence-electron chi connectivity index (χ2n) is 5.01. The molecule has 0 aliphatic heterocycles. The Morgan fingerprint density at radius 1 is 1.19 bits per heavy atom. The number of nitrogens with zero attached hydrogens (tertiary/aromatic N) is 3. The summed E-state index contributed by atoms with van der Waals surface area (Å²) in [5.74, 6) is -1.84. The fraction of sp³-hybridized carbons (Fsp3) is 0.125. The molecule has 26 heavy (non-hydrogen) atoms. The van der Waals surface area contributed by atoms with Gasteiger partial charge in [-0.2, -0.15) is 18.2 Å². The van der Waals surface area contributed by atoms with Gasteiger partial charge >= 0.3 is 12.1 Å². The number of alkyl halides is 3. The summed E-state index contributed by atoms with van der Waals surface area (Å²) in [6.07, 6.45) is -3.20. The van der Waals surface area contributed by atoms with Crippen LogP contribution in [0.5, 0.6) is 5.88 Å². The highest BCUT2D eigenvalue weighted by Gasteiger charge is 2.38. The number of carbonyl (C=O) groups is 1. The van der Waals surface area contributed by atoms with Crippen LogP contribution in [-0.2, 0) is 6.18 Å². The molecule has 10 heteroatoms. The number of benzene rings is 1. The lowest BCUT2D eigenvalue weighted by Crippen LogP contribution is -2.12. The van der Waals surface area contributed by atoms with Gasteiger partial charge in [-0.3, -0.25) is 4.79 Å². The lowest BCUT2D eigenvalue weighted by Gasteiger charge is -2.08. The molecule has 0 aliphatic rings. The van der Waals surface area contributed by atoms with Crippen LogP contribution in [0.1, 0.15) is 16.2 Å². The minimum Gasteiger partial charge on any atom is -0.480 e. The molecule has 0 radical (unpaired) electrons. The Balaban J connectivity index is 1.77. The van der Waals surface area contributed by atoms with Crippen LogP contribution in [0.2, 0.25) is 0 Å². The summed E-state index contributed by atoms with van der Waals surface area (Å²) in [4.78, 5) is 19.5. The molecule has 0 saturated heterocycles. The number of hydrogen-bond donors (Lipinski definition) is 1. The summed E-state index contributed by atoms with van der Waals surface area (Å²) < 4.78 is 46.7. The summed E-state index contributed by atoms with van der Waals surface area (Å²) in [6.45, 7) is 0. The van der Waals surface area contributed by atoms with Gasteiger partial charge in [-0.25, -0.2) is 4.98 Å². The first-order valence-electron chi connectivity index (χ1n) is 7.20. The van der Waals surface area contributed by atoms with E-state index in [0.29, 0.717) is 5.69 Å². The molecule has 0 aliphatic carbocycles. The predicted octanol–water partition coefficient (Wildman–Crippen LogP) is 3.41. The number of hydrogen-bond acceptors (Lipinski definition) is 6. The van der Waals surface area contributed by atoms with Crippen LogP contribution in [0.4, 0.5) is 18.9 Å². The Kier molecular flexibility index (Phi) is 4.57. The van der Waals surface area contributed by atoms with Gasteiger partial charge in [0, 0.05) is 17.3 Å². The lowest BCUT2D eigenvalue weighted by molar-refractivity contribution is -0.159. The first-order valence-corrected chi connectivity index (χ1v) is 7.20. The van der Waals surface area contributed by atoms with Crippen molar-refractivity contribution in [1.82, 2.24) is 15.1 Å². The van der Waals surface area contributed by atoms with Crippen molar-refractivity contribution in [3.63, 3.8) is 0 Å². The van der Waals surface area contributed by atoms with Crippen molar-refractivity contribution in [3.8, 4) is 17.3 Å².